The van der Waals surface area contributed by atoms with Gasteiger partial charge in [0.2, 0.25) is 21.8 Å². The Morgan fingerprint density at radius 1 is 1.16 bits per heavy atom. The van der Waals surface area contributed by atoms with E-state index >= 15 is 0 Å². The van der Waals surface area contributed by atoms with Crippen LogP contribution in [-0.2, 0) is 31.6 Å². The van der Waals surface area contributed by atoms with Gasteiger partial charge in [0.25, 0.3) is 0 Å². The van der Waals surface area contributed by atoms with Crippen molar-refractivity contribution in [3.05, 3.63) is 59.7 Å². The van der Waals surface area contributed by atoms with Crippen molar-refractivity contribution < 1.29 is 18.0 Å². The molecule has 2 aliphatic rings. The number of amides is 2. The molecule has 0 saturated carbocycles. The Balaban J connectivity index is 1.50. The molecule has 0 radical (unpaired) electrons. The molecule has 32 heavy (non-hydrogen) atoms. The lowest BCUT2D eigenvalue weighted by Gasteiger charge is -2.31. The lowest BCUT2D eigenvalue weighted by Crippen LogP contribution is -2.45. The minimum absolute atomic E-state index is 0.0600. The molecule has 0 unspecified atom stereocenters. The maximum atomic E-state index is 13.4. The predicted molar refractivity (Wildman–Crippen MR) is 123 cm³/mol. The first kappa shape index (κ1) is 22.5. The summed E-state index contributed by atoms with van der Waals surface area (Å²) in [6, 6.07) is 14.5. The van der Waals surface area contributed by atoms with Crippen molar-refractivity contribution >= 4 is 27.5 Å². The van der Waals surface area contributed by atoms with Gasteiger partial charge in [0, 0.05) is 32.4 Å². The maximum Gasteiger partial charge on any atom is 0.243 e. The molecule has 8 heteroatoms. The van der Waals surface area contributed by atoms with Gasteiger partial charge in [-0.15, -0.1) is 0 Å². The highest BCUT2D eigenvalue weighted by molar-refractivity contribution is 7.89. The van der Waals surface area contributed by atoms with Crippen LogP contribution in [0.25, 0.3) is 0 Å². The molecule has 2 amide bonds. The number of nitrogens with zero attached hydrogens (tertiary/aromatic N) is 2. The third-order valence-corrected chi connectivity index (χ3v) is 8.41. The van der Waals surface area contributed by atoms with Crippen LogP contribution in [0.2, 0.25) is 0 Å². The Morgan fingerprint density at radius 3 is 2.59 bits per heavy atom. The van der Waals surface area contributed by atoms with Gasteiger partial charge < -0.3 is 10.2 Å². The molecule has 0 aromatic heterocycles. The highest BCUT2D eigenvalue weighted by Gasteiger charge is 2.43. The number of piperidine rings is 1. The zero-order valence-corrected chi connectivity index (χ0v) is 19.5. The first-order valence-corrected chi connectivity index (χ1v) is 12.3. The van der Waals surface area contributed by atoms with Crippen molar-refractivity contribution in [2.45, 2.75) is 43.5 Å². The topological polar surface area (TPSA) is 86.8 Å². The van der Waals surface area contributed by atoms with E-state index in [0.717, 1.165) is 11.3 Å². The van der Waals surface area contributed by atoms with Crippen molar-refractivity contribution in [1.29, 1.82) is 0 Å². The molecule has 2 aliphatic heterocycles. The Hall–Kier alpha value is -2.71. The SMILES string of the molecule is CN1C(=O)C(C)(C)c2cc(S(=O)(=O)N3CCC[C@H](C(=O)NCc4ccccc4)C3)ccc21. The van der Waals surface area contributed by atoms with Gasteiger partial charge >= 0.3 is 0 Å². The number of carbonyl (C=O) groups is 2. The second kappa shape index (κ2) is 8.33. The quantitative estimate of drug-likeness (QED) is 0.751. The van der Waals surface area contributed by atoms with Crippen molar-refractivity contribution in [1.82, 2.24) is 9.62 Å². The molecule has 0 spiro atoms. The predicted octanol–water partition coefficient (Wildman–Crippen LogP) is 2.66. The number of sulfonamides is 1. The molecular weight excluding hydrogens is 426 g/mol. The smallest absolute Gasteiger partial charge is 0.243 e. The lowest BCUT2D eigenvalue weighted by atomic mass is 9.86. The number of rotatable bonds is 5. The summed E-state index contributed by atoms with van der Waals surface area (Å²) in [6.45, 7) is 4.57. The third kappa shape index (κ3) is 3.93. The zero-order valence-electron chi connectivity index (χ0n) is 18.7. The normalized spacial score (nSPS) is 20.8. The zero-order chi connectivity index (χ0) is 23.1. The van der Waals surface area contributed by atoms with Crippen molar-refractivity contribution in [3.63, 3.8) is 0 Å². The molecule has 0 bridgehead atoms. The summed E-state index contributed by atoms with van der Waals surface area (Å²) in [4.78, 5) is 27.0. The van der Waals surface area contributed by atoms with Gasteiger partial charge in [-0.2, -0.15) is 4.31 Å². The first-order chi connectivity index (χ1) is 15.1. The fraction of sp³-hybridized carbons (Fsp3) is 0.417. The van der Waals surface area contributed by atoms with E-state index < -0.39 is 15.4 Å². The number of anilines is 1. The molecule has 7 nitrogen and oxygen atoms in total. The van der Waals surface area contributed by atoms with Crippen LogP contribution in [0.5, 0.6) is 0 Å². The maximum absolute atomic E-state index is 13.4. The van der Waals surface area contributed by atoms with Gasteiger partial charge in [0.1, 0.15) is 0 Å². The van der Waals surface area contributed by atoms with Gasteiger partial charge in [-0.3, -0.25) is 9.59 Å². The van der Waals surface area contributed by atoms with Crippen LogP contribution < -0.4 is 10.2 Å². The Morgan fingerprint density at radius 2 is 1.88 bits per heavy atom. The van der Waals surface area contributed by atoms with Gasteiger partial charge in [0.15, 0.2) is 0 Å². The van der Waals surface area contributed by atoms with E-state index in [-0.39, 0.29) is 29.2 Å². The van der Waals surface area contributed by atoms with Crippen molar-refractivity contribution in [3.8, 4) is 0 Å². The van der Waals surface area contributed by atoms with Gasteiger partial charge in [0.05, 0.1) is 16.2 Å². The summed E-state index contributed by atoms with van der Waals surface area (Å²) in [5.74, 6) is -0.577. The molecule has 0 aliphatic carbocycles. The standard InChI is InChI=1S/C24H29N3O4S/c1-24(2)20-14-19(11-12-21(20)26(3)23(24)29)32(30,31)27-13-7-10-18(16-27)22(28)25-15-17-8-5-4-6-9-17/h4-6,8-9,11-12,14,18H,7,10,13,15-16H2,1-3H3,(H,25,28)/t18-/m0/s1. The van der Waals surface area contributed by atoms with E-state index in [0.29, 0.717) is 31.5 Å². The van der Waals surface area contributed by atoms with Crippen LogP contribution in [0.15, 0.2) is 53.4 Å². The van der Waals surface area contributed by atoms with Crippen LogP contribution >= 0.6 is 0 Å². The number of fused-ring (bicyclic) bond motifs is 1. The van der Waals surface area contributed by atoms with E-state index in [1.54, 1.807) is 30.1 Å². The van der Waals surface area contributed by atoms with Crippen LogP contribution in [0.1, 0.15) is 37.8 Å². The number of nitrogens with one attached hydrogen (secondary N) is 1. The van der Waals surface area contributed by atoms with E-state index in [2.05, 4.69) is 5.32 Å². The number of hydrogen-bond donors (Lipinski definition) is 1. The molecule has 1 N–H and O–H groups in total. The molecule has 170 valence electrons. The molecular formula is C24H29N3O4S. The largest absolute Gasteiger partial charge is 0.352 e. The average Bonchev–Trinajstić information content (AvgIpc) is 2.98. The fourth-order valence-corrected chi connectivity index (χ4v) is 6.12. The molecule has 1 atom stereocenters. The lowest BCUT2D eigenvalue weighted by molar-refractivity contribution is -0.126. The summed E-state index contributed by atoms with van der Waals surface area (Å²) >= 11 is 0. The third-order valence-electron chi connectivity index (χ3n) is 6.54. The fourth-order valence-electron chi connectivity index (χ4n) is 4.57. The van der Waals surface area contributed by atoms with Crippen LogP contribution in [0.3, 0.4) is 0 Å². The number of likely N-dealkylation sites (N-methyl/N-ethyl adjacent to an activating group) is 1. The Bertz CT molecular complexity index is 1150. The first-order valence-electron chi connectivity index (χ1n) is 10.9. The van der Waals surface area contributed by atoms with E-state index in [1.807, 2.05) is 44.2 Å². The monoisotopic (exact) mass is 455 g/mol. The molecule has 2 aromatic carbocycles. The molecule has 2 heterocycles. The summed E-state index contributed by atoms with van der Waals surface area (Å²) in [7, 11) is -2.08. The number of hydrogen-bond acceptors (Lipinski definition) is 4. The minimum atomic E-state index is -3.78. The minimum Gasteiger partial charge on any atom is -0.352 e. The van der Waals surface area contributed by atoms with Crippen LogP contribution in [-0.4, -0.2) is 44.7 Å². The van der Waals surface area contributed by atoms with Crippen LogP contribution in [0.4, 0.5) is 5.69 Å². The summed E-state index contributed by atoms with van der Waals surface area (Å²) in [5.41, 5.74) is 1.66. The van der Waals surface area contributed by atoms with E-state index in [1.165, 1.54) is 4.31 Å². The van der Waals surface area contributed by atoms with Gasteiger partial charge in [-0.05, 0) is 56.0 Å². The van der Waals surface area contributed by atoms with Gasteiger partial charge in [-0.1, -0.05) is 30.3 Å². The number of carbonyl (C=O) groups excluding carboxylic acids is 2. The van der Waals surface area contributed by atoms with Gasteiger partial charge in [-0.25, -0.2) is 8.42 Å². The molecule has 2 aromatic rings. The summed E-state index contributed by atoms with van der Waals surface area (Å²) in [6.07, 6.45) is 1.28. The van der Waals surface area contributed by atoms with Crippen molar-refractivity contribution in [2.75, 3.05) is 25.0 Å². The molecule has 1 saturated heterocycles. The molecule has 4 rings (SSSR count). The Labute approximate surface area is 189 Å². The Kier molecular flexibility index (Phi) is 5.85. The highest BCUT2D eigenvalue weighted by Crippen LogP contribution is 2.42. The van der Waals surface area contributed by atoms with Crippen molar-refractivity contribution in [2.24, 2.45) is 5.92 Å². The van der Waals surface area contributed by atoms with E-state index in [9.17, 15) is 18.0 Å². The number of benzene rings is 2. The second-order valence-electron chi connectivity index (χ2n) is 9.07. The highest BCUT2D eigenvalue weighted by atomic mass is 32.2. The van der Waals surface area contributed by atoms with Crippen LogP contribution in [0, 0.1) is 5.92 Å². The summed E-state index contributed by atoms with van der Waals surface area (Å²) < 4.78 is 28.2. The van der Waals surface area contributed by atoms with E-state index in [4.69, 9.17) is 0 Å². The second-order valence-corrected chi connectivity index (χ2v) is 11.0. The average molecular weight is 456 g/mol. The summed E-state index contributed by atoms with van der Waals surface area (Å²) in [5, 5.41) is 2.93. The molecule has 1 fully saturated rings.